The number of anilines is 1. The van der Waals surface area contributed by atoms with E-state index in [-0.39, 0.29) is 0 Å². The van der Waals surface area contributed by atoms with Gasteiger partial charge in [-0.1, -0.05) is 12.2 Å². The fourth-order valence-electron chi connectivity index (χ4n) is 1.43. The molecule has 0 saturated carbocycles. The maximum atomic E-state index is 12.2. The van der Waals surface area contributed by atoms with Crippen molar-refractivity contribution < 1.29 is 13.2 Å². The minimum Gasteiger partial charge on any atom is -0.363 e. The van der Waals surface area contributed by atoms with Gasteiger partial charge in [0.2, 0.25) is 0 Å². The maximum Gasteiger partial charge on any atom is 0.433 e. The van der Waals surface area contributed by atoms with Gasteiger partial charge in [0.15, 0.2) is 0 Å². The highest BCUT2D eigenvalue weighted by molar-refractivity contribution is 5.47. The molecule has 0 fully saturated rings. The first-order chi connectivity index (χ1) is 7.07. The zero-order valence-electron chi connectivity index (χ0n) is 7.83. The molecule has 5 heteroatoms. The Morgan fingerprint density at radius 1 is 1.13 bits per heavy atom. The molecule has 0 aliphatic carbocycles. The molecule has 0 radical (unpaired) electrons. The van der Waals surface area contributed by atoms with E-state index >= 15 is 0 Å². The van der Waals surface area contributed by atoms with E-state index in [2.05, 4.69) is 4.98 Å². The Morgan fingerprint density at radius 2 is 1.80 bits per heavy atom. The van der Waals surface area contributed by atoms with E-state index in [0.717, 1.165) is 19.2 Å². The molecule has 1 aromatic rings. The molecule has 0 unspecified atom stereocenters. The van der Waals surface area contributed by atoms with Gasteiger partial charge in [-0.05, 0) is 12.1 Å². The van der Waals surface area contributed by atoms with Crippen molar-refractivity contribution >= 4 is 5.69 Å². The molecule has 15 heavy (non-hydrogen) atoms. The van der Waals surface area contributed by atoms with Crippen LogP contribution in [0.15, 0.2) is 30.5 Å². The second kappa shape index (κ2) is 3.56. The van der Waals surface area contributed by atoms with Crippen molar-refractivity contribution in [3.05, 3.63) is 36.2 Å². The molecule has 1 aliphatic rings. The Morgan fingerprint density at radius 3 is 2.27 bits per heavy atom. The molecule has 0 saturated heterocycles. The standard InChI is InChI=1S/C10H9F3N2/c11-10(12,13)9-4-3-8(7-14-9)15-5-1-2-6-15/h1-4,7H,5-6H2. The third-order valence-electron chi connectivity index (χ3n) is 2.22. The molecule has 0 N–H and O–H groups in total. The maximum absolute atomic E-state index is 12.2. The summed E-state index contributed by atoms with van der Waals surface area (Å²) in [6, 6.07) is 2.45. The fourth-order valence-corrected chi connectivity index (χ4v) is 1.43. The summed E-state index contributed by atoms with van der Waals surface area (Å²) >= 11 is 0. The molecule has 2 nitrogen and oxygen atoms in total. The van der Waals surface area contributed by atoms with Crippen molar-refractivity contribution in [1.82, 2.24) is 4.98 Å². The number of alkyl halides is 3. The summed E-state index contributed by atoms with van der Waals surface area (Å²) in [5.41, 5.74) is -0.133. The van der Waals surface area contributed by atoms with Gasteiger partial charge in [-0.15, -0.1) is 0 Å². The van der Waals surface area contributed by atoms with Gasteiger partial charge < -0.3 is 4.90 Å². The summed E-state index contributed by atoms with van der Waals surface area (Å²) in [5, 5.41) is 0. The lowest BCUT2D eigenvalue weighted by Crippen LogP contribution is -2.19. The van der Waals surface area contributed by atoms with Crippen LogP contribution in [0.1, 0.15) is 5.69 Å². The Balaban J connectivity index is 2.17. The zero-order chi connectivity index (χ0) is 10.9. The van der Waals surface area contributed by atoms with Crippen LogP contribution in [0.4, 0.5) is 18.9 Å². The van der Waals surface area contributed by atoms with Crippen LogP contribution < -0.4 is 4.90 Å². The summed E-state index contributed by atoms with van der Waals surface area (Å²) in [6.45, 7) is 1.46. The molecule has 1 aromatic heterocycles. The Labute approximate surface area is 85.0 Å². The van der Waals surface area contributed by atoms with Gasteiger partial charge in [0.1, 0.15) is 5.69 Å². The number of nitrogens with zero attached hydrogens (tertiary/aromatic N) is 2. The molecule has 80 valence electrons. The van der Waals surface area contributed by atoms with Crippen LogP contribution in [-0.2, 0) is 6.18 Å². The predicted octanol–water partition coefficient (Wildman–Crippen LogP) is 2.48. The first kappa shape index (κ1) is 10.0. The summed E-state index contributed by atoms with van der Waals surface area (Å²) < 4.78 is 36.6. The van der Waals surface area contributed by atoms with Crippen LogP contribution in [0.3, 0.4) is 0 Å². The van der Waals surface area contributed by atoms with Crippen LogP contribution in [0.5, 0.6) is 0 Å². The number of halogens is 3. The molecular formula is C10H9F3N2. The SMILES string of the molecule is FC(F)(F)c1ccc(N2CC=CC2)cn1. The van der Waals surface area contributed by atoms with Gasteiger partial charge >= 0.3 is 6.18 Å². The van der Waals surface area contributed by atoms with E-state index in [1.807, 2.05) is 17.1 Å². The van der Waals surface area contributed by atoms with Crippen LogP contribution in [0.25, 0.3) is 0 Å². The average Bonchev–Trinajstić information content (AvgIpc) is 2.69. The number of rotatable bonds is 1. The topological polar surface area (TPSA) is 16.1 Å². The summed E-state index contributed by atoms with van der Waals surface area (Å²) in [6.07, 6.45) is 0.840. The highest BCUT2D eigenvalue weighted by Gasteiger charge is 2.32. The van der Waals surface area contributed by atoms with Crippen LogP contribution >= 0.6 is 0 Å². The Kier molecular flexibility index (Phi) is 2.38. The monoisotopic (exact) mass is 214 g/mol. The van der Waals surface area contributed by atoms with Gasteiger partial charge in [0.25, 0.3) is 0 Å². The summed E-state index contributed by atoms with van der Waals surface area (Å²) in [5.74, 6) is 0. The van der Waals surface area contributed by atoms with E-state index in [1.165, 1.54) is 12.3 Å². The minimum atomic E-state index is -4.36. The summed E-state index contributed by atoms with van der Waals surface area (Å²) in [4.78, 5) is 5.34. The quantitative estimate of drug-likeness (QED) is 0.667. The lowest BCUT2D eigenvalue weighted by Gasteiger charge is -2.17. The minimum absolute atomic E-state index is 0.716. The van der Waals surface area contributed by atoms with Crippen molar-refractivity contribution in [1.29, 1.82) is 0 Å². The van der Waals surface area contributed by atoms with Gasteiger partial charge in [-0.3, -0.25) is 0 Å². The number of hydrogen-bond acceptors (Lipinski definition) is 2. The number of pyridine rings is 1. The fraction of sp³-hybridized carbons (Fsp3) is 0.300. The van der Waals surface area contributed by atoms with Gasteiger partial charge in [-0.2, -0.15) is 13.2 Å². The second-order valence-corrected chi connectivity index (χ2v) is 3.28. The van der Waals surface area contributed by atoms with Crippen molar-refractivity contribution in [2.75, 3.05) is 18.0 Å². The average molecular weight is 214 g/mol. The Hall–Kier alpha value is -1.52. The van der Waals surface area contributed by atoms with E-state index in [4.69, 9.17) is 0 Å². The van der Waals surface area contributed by atoms with E-state index in [1.54, 1.807) is 0 Å². The molecule has 0 amide bonds. The largest absolute Gasteiger partial charge is 0.433 e. The second-order valence-electron chi connectivity index (χ2n) is 3.28. The third-order valence-corrected chi connectivity index (χ3v) is 2.22. The van der Waals surface area contributed by atoms with Crippen molar-refractivity contribution in [3.8, 4) is 0 Å². The van der Waals surface area contributed by atoms with E-state index in [9.17, 15) is 13.2 Å². The molecule has 0 bridgehead atoms. The Bertz CT molecular complexity index is 359. The highest BCUT2D eigenvalue weighted by Crippen LogP contribution is 2.28. The predicted molar refractivity (Wildman–Crippen MR) is 50.6 cm³/mol. The number of aromatic nitrogens is 1. The lowest BCUT2D eigenvalue weighted by atomic mass is 10.3. The van der Waals surface area contributed by atoms with Crippen molar-refractivity contribution in [3.63, 3.8) is 0 Å². The number of hydrogen-bond donors (Lipinski definition) is 0. The molecular weight excluding hydrogens is 205 g/mol. The van der Waals surface area contributed by atoms with Gasteiger partial charge in [-0.25, -0.2) is 4.98 Å². The molecule has 1 aliphatic heterocycles. The molecule has 0 atom stereocenters. The molecule has 0 aromatic carbocycles. The first-order valence-corrected chi connectivity index (χ1v) is 4.50. The van der Waals surface area contributed by atoms with Crippen molar-refractivity contribution in [2.24, 2.45) is 0 Å². The first-order valence-electron chi connectivity index (χ1n) is 4.50. The van der Waals surface area contributed by atoms with Crippen LogP contribution in [0.2, 0.25) is 0 Å². The van der Waals surface area contributed by atoms with E-state index in [0.29, 0.717) is 5.69 Å². The summed E-state index contributed by atoms with van der Waals surface area (Å²) in [7, 11) is 0. The van der Waals surface area contributed by atoms with Gasteiger partial charge in [0.05, 0.1) is 11.9 Å². The molecule has 2 rings (SSSR count). The normalized spacial score (nSPS) is 16.1. The third kappa shape index (κ3) is 2.11. The van der Waals surface area contributed by atoms with Gasteiger partial charge in [0, 0.05) is 13.1 Å². The van der Waals surface area contributed by atoms with Crippen LogP contribution in [0, 0.1) is 0 Å². The zero-order valence-corrected chi connectivity index (χ0v) is 7.83. The van der Waals surface area contributed by atoms with Crippen molar-refractivity contribution in [2.45, 2.75) is 6.18 Å². The molecule has 2 heterocycles. The molecule has 0 spiro atoms. The van der Waals surface area contributed by atoms with E-state index < -0.39 is 11.9 Å². The van der Waals surface area contributed by atoms with Crippen LogP contribution in [-0.4, -0.2) is 18.1 Å². The smallest absolute Gasteiger partial charge is 0.363 e. The highest BCUT2D eigenvalue weighted by atomic mass is 19.4. The lowest BCUT2D eigenvalue weighted by molar-refractivity contribution is -0.141.